The lowest BCUT2D eigenvalue weighted by Crippen LogP contribution is -2.47. The minimum atomic E-state index is 0.178. The quantitative estimate of drug-likeness (QED) is 0.800. The molecule has 0 fully saturated rings. The summed E-state index contributed by atoms with van der Waals surface area (Å²) in [6.07, 6.45) is 6.46. The van der Waals surface area contributed by atoms with Crippen LogP contribution in [-0.2, 0) is 13.6 Å². The Labute approximate surface area is 130 Å². The molecule has 0 bridgehead atoms. The van der Waals surface area contributed by atoms with Gasteiger partial charge in [0.1, 0.15) is 0 Å². The first-order valence-corrected chi connectivity index (χ1v) is 8.11. The first-order valence-electron chi connectivity index (χ1n) is 8.11. The number of nitrogens with zero attached hydrogens (tertiary/aromatic N) is 3. The number of rotatable bonds is 8. The molecule has 1 heterocycles. The van der Waals surface area contributed by atoms with Gasteiger partial charge in [0.25, 0.3) is 0 Å². The Morgan fingerprint density at radius 3 is 2.29 bits per heavy atom. The van der Waals surface area contributed by atoms with Gasteiger partial charge in [-0.05, 0) is 46.1 Å². The summed E-state index contributed by atoms with van der Waals surface area (Å²) in [6.45, 7) is 14.5. The second-order valence-corrected chi connectivity index (χ2v) is 7.51. The van der Waals surface area contributed by atoms with Gasteiger partial charge < -0.3 is 10.2 Å². The topological polar surface area (TPSA) is 33.1 Å². The van der Waals surface area contributed by atoms with Gasteiger partial charge in [-0.3, -0.25) is 4.68 Å². The SMILES string of the molecule is CCC(CC)(CNC(C)(C)C)CN(C)Cc1cnn(C)c1. The average molecular weight is 294 g/mol. The van der Waals surface area contributed by atoms with Crippen molar-refractivity contribution in [3.8, 4) is 0 Å². The van der Waals surface area contributed by atoms with Gasteiger partial charge in [0, 0.05) is 44.0 Å². The summed E-state index contributed by atoms with van der Waals surface area (Å²) in [4.78, 5) is 2.42. The Hall–Kier alpha value is -0.870. The zero-order valence-electron chi connectivity index (χ0n) is 15.0. The van der Waals surface area contributed by atoms with Crippen molar-refractivity contribution in [2.45, 2.75) is 59.5 Å². The molecule has 4 nitrogen and oxygen atoms in total. The van der Waals surface area contributed by atoms with Crippen molar-refractivity contribution in [2.24, 2.45) is 12.5 Å². The third kappa shape index (κ3) is 6.18. The summed E-state index contributed by atoms with van der Waals surface area (Å²) in [7, 11) is 4.18. The molecule has 0 amide bonds. The third-order valence-electron chi connectivity index (χ3n) is 4.31. The van der Waals surface area contributed by atoms with Crippen LogP contribution < -0.4 is 5.32 Å². The van der Waals surface area contributed by atoms with Crippen molar-refractivity contribution < 1.29 is 0 Å². The van der Waals surface area contributed by atoms with Gasteiger partial charge >= 0.3 is 0 Å². The van der Waals surface area contributed by atoms with Crippen molar-refractivity contribution in [3.05, 3.63) is 18.0 Å². The average Bonchev–Trinajstić information content (AvgIpc) is 2.79. The number of nitrogens with one attached hydrogen (secondary N) is 1. The first-order chi connectivity index (χ1) is 9.69. The van der Waals surface area contributed by atoms with Crippen LogP contribution >= 0.6 is 0 Å². The lowest BCUT2D eigenvalue weighted by Gasteiger charge is -2.38. The van der Waals surface area contributed by atoms with E-state index in [0.717, 1.165) is 19.6 Å². The van der Waals surface area contributed by atoms with Crippen LogP contribution in [-0.4, -0.2) is 40.4 Å². The summed E-state index contributed by atoms with van der Waals surface area (Å²) < 4.78 is 1.87. The van der Waals surface area contributed by atoms with Crippen LogP contribution in [0.4, 0.5) is 0 Å². The predicted molar refractivity (Wildman–Crippen MR) is 90.3 cm³/mol. The standard InChI is InChI=1S/C17H34N4/c1-8-17(9-2,13-18-16(3,4)5)14-20(6)11-15-10-19-21(7)12-15/h10,12,18H,8-9,11,13-14H2,1-7H3. The number of aryl methyl sites for hydroxylation is 1. The van der Waals surface area contributed by atoms with Crippen LogP contribution in [0.2, 0.25) is 0 Å². The zero-order chi connectivity index (χ0) is 16.1. The molecule has 4 heteroatoms. The molecule has 1 N–H and O–H groups in total. The van der Waals surface area contributed by atoms with E-state index in [-0.39, 0.29) is 5.54 Å². The molecule has 1 rings (SSSR count). The molecular weight excluding hydrogens is 260 g/mol. The van der Waals surface area contributed by atoms with E-state index < -0.39 is 0 Å². The Kier molecular flexibility index (Phi) is 6.41. The molecule has 0 aromatic carbocycles. The minimum absolute atomic E-state index is 0.178. The normalized spacial score (nSPS) is 13.1. The van der Waals surface area contributed by atoms with Crippen LogP contribution in [0.15, 0.2) is 12.4 Å². The Balaban J connectivity index is 2.63. The number of hydrogen-bond acceptors (Lipinski definition) is 3. The lowest BCUT2D eigenvalue weighted by atomic mass is 9.81. The molecule has 1 aromatic heterocycles. The maximum Gasteiger partial charge on any atom is 0.0534 e. The van der Waals surface area contributed by atoms with Gasteiger partial charge in [0.2, 0.25) is 0 Å². The first kappa shape index (κ1) is 18.2. The lowest BCUT2D eigenvalue weighted by molar-refractivity contribution is 0.140. The number of aromatic nitrogens is 2. The van der Waals surface area contributed by atoms with Crippen molar-refractivity contribution >= 4 is 0 Å². The molecule has 0 saturated heterocycles. The molecule has 122 valence electrons. The molecule has 0 spiro atoms. The molecule has 0 aliphatic carbocycles. The Morgan fingerprint density at radius 2 is 1.86 bits per heavy atom. The van der Waals surface area contributed by atoms with Crippen LogP contribution in [0, 0.1) is 5.41 Å². The van der Waals surface area contributed by atoms with Gasteiger partial charge in [-0.15, -0.1) is 0 Å². The van der Waals surface area contributed by atoms with Crippen molar-refractivity contribution in [1.29, 1.82) is 0 Å². The van der Waals surface area contributed by atoms with E-state index in [1.807, 2.05) is 17.9 Å². The highest BCUT2D eigenvalue weighted by molar-refractivity contribution is 5.03. The maximum absolute atomic E-state index is 4.25. The smallest absolute Gasteiger partial charge is 0.0534 e. The van der Waals surface area contributed by atoms with Crippen LogP contribution in [0.25, 0.3) is 0 Å². The fourth-order valence-corrected chi connectivity index (χ4v) is 2.73. The molecule has 0 aliphatic rings. The Bertz CT molecular complexity index is 413. The Morgan fingerprint density at radius 1 is 1.24 bits per heavy atom. The second-order valence-electron chi connectivity index (χ2n) is 7.51. The van der Waals surface area contributed by atoms with Crippen LogP contribution in [0.3, 0.4) is 0 Å². The van der Waals surface area contributed by atoms with Crippen LogP contribution in [0.1, 0.15) is 53.0 Å². The molecule has 1 aromatic rings. The van der Waals surface area contributed by atoms with Gasteiger partial charge in [-0.1, -0.05) is 13.8 Å². The zero-order valence-corrected chi connectivity index (χ0v) is 15.0. The minimum Gasteiger partial charge on any atom is -0.311 e. The van der Waals surface area contributed by atoms with E-state index in [9.17, 15) is 0 Å². The second kappa shape index (κ2) is 7.41. The third-order valence-corrected chi connectivity index (χ3v) is 4.31. The molecule has 0 aliphatic heterocycles. The molecule has 0 atom stereocenters. The van der Waals surface area contributed by atoms with Crippen molar-refractivity contribution in [1.82, 2.24) is 20.0 Å². The fourth-order valence-electron chi connectivity index (χ4n) is 2.73. The van der Waals surface area contributed by atoms with E-state index in [4.69, 9.17) is 0 Å². The van der Waals surface area contributed by atoms with Crippen LogP contribution in [0.5, 0.6) is 0 Å². The maximum atomic E-state index is 4.25. The van der Waals surface area contributed by atoms with E-state index >= 15 is 0 Å². The van der Waals surface area contributed by atoms with Crippen molar-refractivity contribution in [3.63, 3.8) is 0 Å². The highest BCUT2D eigenvalue weighted by atomic mass is 15.2. The summed E-state index contributed by atoms with van der Waals surface area (Å²) in [5, 5.41) is 7.95. The van der Waals surface area contributed by atoms with Gasteiger partial charge in [0.15, 0.2) is 0 Å². The van der Waals surface area contributed by atoms with E-state index in [2.05, 4.69) is 63.2 Å². The molecular formula is C17H34N4. The molecule has 21 heavy (non-hydrogen) atoms. The van der Waals surface area contributed by atoms with Crippen molar-refractivity contribution in [2.75, 3.05) is 20.1 Å². The monoisotopic (exact) mass is 294 g/mol. The van der Waals surface area contributed by atoms with Gasteiger partial charge in [0.05, 0.1) is 6.20 Å². The summed E-state index contributed by atoms with van der Waals surface area (Å²) >= 11 is 0. The fraction of sp³-hybridized carbons (Fsp3) is 0.824. The predicted octanol–water partition coefficient (Wildman–Crippen LogP) is 3.05. The molecule has 0 radical (unpaired) electrons. The summed E-state index contributed by atoms with van der Waals surface area (Å²) in [5.41, 5.74) is 1.80. The molecule has 0 saturated carbocycles. The summed E-state index contributed by atoms with van der Waals surface area (Å²) in [6, 6.07) is 0. The van der Waals surface area contributed by atoms with Gasteiger partial charge in [-0.2, -0.15) is 5.10 Å². The van der Waals surface area contributed by atoms with E-state index in [1.165, 1.54) is 18.4 Å². The van der Waals surface area contributed by atoms with E-state index in [1.54, 1.807) is 0 Å². The summed E-state index contributed by atoms with van der Waals surface area (Å²) in [5.74, 6) is 0. The molecule has 0 unspecified atom stereocenters. The highest BCUT2D eigenvalue weighted by Crippen LogP contribution is 2.28. The van der Waals surface area contributed by atoms with E-state index in [0.29, 0.717) is 5.41 Å². The van der Waals surface area contributed by atoms with Gasteiger partial charge in [-0.25, -0.2) is 0 Å². The largest absolute Gasteiger partial charge is 0.311 e. The highest BCUT2D eigenvalue weighted by Gasteiger charge is 2.29. The number of hydrogen-bond donors (Lipinski definition) is 1.